The summed E-state index contributed by atoms with van der Waals surface area (Å²) in [6.45, 7) is 16.3. The van der Waals surface area contributed by atoms with Gasteiger partial charge in [-0.3, -0.25) is 9.80 Å². The minimum atomic E-state index is 0.682. The first-order valence-corrected chi connectivity index (χ1v) is 5.95. The maximum atomic E-state index is 2.61. The molecule has 1 aliphatic heterocycles. The van der Waals surface area contributed by atoms with Crippen LogP contribution in [0.2, 0.25) is 0 Å². The van der Waals surface area contributed by atoms with Crippen LogP contribution >= 0.6 is 0 Å². The van der Waals surface area contributed by atoms with Gasteiger partial charge in [0.1, 0.15) is 0 Å². The molecule has 14 heavy (non-hydrogen) atoms. The number of piperazine rings is 1. The van der Waals surface area contributed by atoms with Crippen molar-refractivity contribution < 1.29 is 0 Å². The Bertz CT molecular complexity index is 157. The molecule has 0 aliphatic carbocycles. The third kappa shape index (κ3) is 2.48. The molecule has 0 saturated carbocycles. The van der Waals surface area contributed by atoms with Gasteiger partial charge in [-0.05, 0) is 41.5 Å². The predicted molar refractivity (Wildman–Crippen MR) is 62.6 cm³/mol. The molecule has 0 radical (unpaired) electrons. The number of nitrogens with zero attached hydrogens (tertiary/aromatic N) is 2. The van der Waals surface area contributed by atoms with Crippen molar-refractivity contribution in [3.05, 3.63) is 0 Å². The minimum absolute atomic E-state index is 0.682. The molecule has 2 heteroatoms. The lowest BCUT2D eigenvalue weighted by Crippen LogP contribution is -2.59. The molecule has 0 aromatic carbocycles. The highest BCUT2D eigenvalue weighted by Gasteiger charge is 2.31. The van der Waals surface area contributed by atoms with Gasteiger partial charge >= 0.3 is 0 Å². The molecule has 2 atom stereocenters. The quantitative estimate of drug-likeness (QED) is 0.671. The van der Waals surface area contributed by atoms with Gasteiger partial charge in [0.25, 0.3) is 0 Å². The lowest BCUT2D eigenvalue weighted by atomic mass is 10.0. The third-order valence-electron chi connectivity index (χ3n) is 3.41. The molecular weight excluding hydrogens is 172 g/mol. The topological polar surface area (TPSA) is 6.48 Å². The van der Waals surface area contributed by atoms with E-state index in [0.717, 1.165) is 0 Å². The largest absolute Gasteiger partial charge is 0.295 e. The van der Waals surface area contributed by atoms with Crippen LogP contribution in [0.25, 0.3) is 0 Å². The highest BCUT2D eigenvalue weighted by atomic mass is 15.3. The third-order valence-corrected chi connectivity index (χ3v) is 3.41. The van der Waals surface area contributed by atoms with Gasteiger partial charge in [-0.15, -0.1) is 0 Å². The molecule has 1 aliphatic rings. The van der Waals surface area contributed by atoms with Crippen LogP contribution in [0, 0.1) is 0 Å². The Morgan fingerprint density at radius 3 is 1.29 bits per heavy atom. The van der Waals surface area contributed by atoms with E-state index < -0.39 is 0 Å². The second kappa shape index (κ2) is 4.63. The molecule has 2 nitrogen and oxygen atoms in total. The van der Waals surface area contributed by atoms with E-state index in [1.54, 1.807) is 0 Å². The van der Waals surface area contributed by atoms with E-state index in [4.69, 9.17) is 0 Å². The van der Waals surface area contributed by atoms with Crippen molar-refractivity contribution in [2.45, 2.75) is 65.7 Å². The Morgan fingerprint density at radius 2 is 1.07 bits per heavy atom. The van der Waals surface area contributed by atoms with Gasteiger partial charge in [-0.1, -0.05) is 0 Å². The van der Waals surface area contributed by atoms with Gasteiger partial charge in [0, 0.05) is 37.3 Å². The molecule has 1 rings (SSSR count). The van der Waals surface area contributed by atoms with Crippen molar-refractivity contribution in [3.8, 4) is 0 Å². The van der Waals surface area contributed by atoms with Gasteiger partial charge in [0.15, 0.2) is 0 Å². The van der Waals surface area contributed by atoms with E-state index in [9.17, 15) is 0 Å². The summed E-state index contributed by atoms with van der Waals surface area (Å²) in [6.07, 6.45) is 0. The molecule has 0 N–H and O–H groups in total. The number of hydrogen-bond donors (Lipinski definition) is 0. The Morgan fingerprint density at radius 1 is 0.786 bits per heavy atom. The molecule has 1 heterocycles. The van der Waals surface area contributed by atoms with Crippen molar-refractivity contribution in [3.63, 3.8) is 0 Å². The first-order valence-electron chi connectivity index (χ1n) is 5.95. The van der Waals surface area contributed by atoms with E-state index in [0.29, 0.717) is 24.2 Å². The van der Waals surface area contributed by atoms with Crippen LogP contribution < -0.4 is 0 Å². The van der Waals surface area contributed by atoms with Crippen molar-refractivity contribution in [2.24, 2.45) is 0 Å². The van der Waals surface area contributed by atoms with E-state index in [2.05, 4.69) is 51.3 Å². The lowest BCUT2D eigenvalue weighted by Gasteiger charge is -2.47. The molecule has 0 aromatic rings. The van der Waals surface area contributed by atoms with Crippen LogP contribution in [-0.4, -0.2) is 47.1 Å². The van der Waals surface area contributed by atoms with Crippen molar-refractivity contribution in [2.75, 3.05) is 13.1 Å². The summed E-state index contributed by atoms with van der Waals surface area (Å²) in [5, 5.41) is 0. The molecule has 84 valence electrons. The van der Waals surface area contributed by atoms with Crippen molar-refractivity contribution >= 4 is 0 Å². The fourth-order valence-electron chi connectivity index (χ4n) is 2.62. The van der Waals surface area contributed by atoms with Gasteiger partial charge in [0.05, 0.1) is 0 Å². The first-order chi connectivity index (χ1) is 6.43. The van der Waals surface area contributed by atoms with E-state index in [1.165, 1.54) is 13.1 Å². The van der Waals surface area contributed by atoms with Crippen LogP contribution in [0.4, 0.5) is 0 Å². The fraction of sp³-hybridized carbons (Fsp3) is 1.00. The summed E-state index contributed by atoms with van der Waals surface area (Å²) in [5.41, 5.74) is 0. The van der Waals surface area contributed by atoms with Crippen LogP contribution in [0.15, 0.2) is 0 Å². The maximum absolute atomic E-state index is 2.61. The van der Waals surface area contributed by atoms with Crippen LogP contribution in [-0.2, 0) is 0 Å². The first kappa shape index (κ1) is 12.0. The second-order valence-corrected chi connectivity index (χ2v) is 5.28. The summed E-state index contributed by atoms with van der Waals surface area (Å²) >= 11 is 0. The zero-order valence-electron chi connectivity index (χ0n) is 10.6. The van der Waals surface area contributed by atoms with Crippen molar-refractivity contribution in [1.29, 1.82) is 0 Å². The molecule has 0 bridgehead atoms. The molecular formula is C12H26N2. The predicted octanol–water partition coefficient (Wildman–Crippen LogP) is 2.20. The Balaban J connectivity index is 2.62. The smallest absolute Gasteiger partial charge is 0.0198 e. The second-order valence-electron chi connectivity index (χ2n) is 5.28. The zero-order chi connectivity index (χ0) is 10.9. The average molecular weight is 198 g/mol. The molecule has 0 spiro atoms. The Kier molecular flexibility index (Phi) is 3.96. The summed E-state index contributed by atoms with van der Waals surface area (Å²) in [7, 11) is 0. The number of hydrogen-bond acceptors (Lipinski definition) is 2. The monoisotopic (exact) mass is 198 g/mol. The van der Waals surface area contributed by atoms with Crippen molar-refractivity contribution in [1.82, 2.24) is 9.80 Å². The van der Waals surface area contributed by atoms with Crippen LogP contribution in [0.3, 0.4) is 0 Å². The number of rotatable bonds is 2. The summed E-state index contributed by atoms with van der Waals surface area (Å²) in [5.74, 6) is 0. The molecule has 2 unspecified atom stereocenters. The molecule has 1 fully saturated rings. The summed E-state index contributed by atoms with van der Waals surface area (Å²) < 4.78 is 0. The van der Waals surface area contributed by atoms with Crippen LogP contribution in [0.1, 0.15) is 41.5 Å². The standard InChI is InChI=1S/C12H26N2/c1-9(2)13-7-12(6)14(10(3)4)8-11(13)5/h9-12H,7-8H2,1-6H3. The highest BCUT2D eigenvalue weighted by molar-refractivity contribution is 4.87. The Hall–Kier alpha value is -0.0800. The van der Waals surface area contributed by atoms with E-state index in [-0.39, 0.29) is 0 Å². The summed E-state index contributed by atoms with van der Waals surface area (Å²) in [6, 6.07) is 2.77. The van der Waals surface area contributed by atoms with Gasteiger partial charge in [0.2, 0.25) is 0 Å². The highest BCUT2D eigenvalue weighted by Crippen LogP contribution is 2.19. The molecule has 0 amide bonds. The zero-order valence-corrected chi connectivity index (χ0v) is 10.6. The van der Waals surface area contributed by atoms with Crippen LogP contribution in [0.5, 0.6) is 0 Å². The molecule has 1 saturated heterocycles. The maximum Gasteiger partial charge on any atom is 0.0198 e. The van der Waals surface area contributed by atoms with E-state index >= 15 is 0 Å². The SMILES string of the molecule is CC(C)N1CC(C)N(C(C)C)CC1C. The van der Waals surface area contributed by atoms with Gasteiger partial charge in [-0.2, -0.15) is 0 Å². The normalized spacial score (nSPS) is 31.7. The Labute approximate surface area is 89.3 Å². The van der Waals surface area contributed by atoms with Gasteiger partial charge < -0.3 is 0 Å². The lowest BCUT2D eigenvalue weighted by molar-refractivity contribution is 0.00740. The fourth-order valence-corrected chi connectivity index (χ4v) is 2.62. The van der Waals surface area contributed by atoms with Gasteiger partial charge in [-0.25, -0.2) is 0 Å². The van der Waals surface area contributed by atoms with E-state index in [1.807, 2.05) is 0 Å². The minimum Gasteiger partial charge on any atom is -0.295 e. The summed E-state index contributed by atoms with van der Waals surface area (Å²) in [4.78, 5) is 5.23. The molecule has 0 aromatic heterocycles. The average Bonchev–Trinajstić information content (AvgIpc) is 2.07.